The van der Waals surface area contributed by atoms with Gasteiger partial charge in [0.2, 0.25) is 5.91 Å². The van der Waals surface area contributed by atoms with Gasteiger partial charge in [-0.1, -0.05) is 12.1 Å². The number of nitro benzene ring substituents is 1. The van der Waals surface area contributed by atoms with E-state index in [1.807, 2.05) is 0 Å². The molecule has 0 saturated heterocycles. The van der Waals surface area contributed by atoms with Crippen molar-refractivity contribution in [3.05, 3.63) is 69.3 Å². The summed E-state index contributed by atoms with van der Waals surface area (Å²) in [5.74, 6) is -2.61. The quantitative estimate of drug-likeness (QED) is 0.357. The number of non-ortho nitro benzene ring substituents is 1. The molecule has 33 heavy (non-hydrogen) atoms. The molecule has 0 bridgehead atoms. The fraction of sp³-hybridized carbons (Fsp3) is 0.286. The number of nitro groups is 1. The Kier molecular flexibility index (Phi) is 8.10. The molecule has 0 saturated carbocycles. The molecule has 2 aromatic rings. The molecule has 176 valence electrons. The minimum Gasteiger partial charge on any atom is -0.462 e. The van der Waals surface area contributed by atoms with Crippen LogP contribution in [-0.2, 0) is 15.7 Å². The maximum atomic E-state index is 13.1. The first-order chi connectivity index (χ1) is 15.5. The molecule has 0 fully saturated rings. The number of anilines is 1. The van der Waals surface area contributed by atoms with Gasteiger partial charge in [0.05, 0.1) is 28.3 Å². The van der Waals surface area contributed by atoms with E-state index in [0.717, 1.165) is 35.2 Å². The Bertz CT molecular complexity index is 1070. The number of benzene rings is 2. The number of para-hydroxylation sites is 1. The van der Waals surface area contributed by atoms with E-state index in [0.29, 0.717) is 0 Å². The second-order valence-electron chi connectivity index (χ2n) is 6.66. The number of halogens is 3. The summed E-state index contributed by atoms with van der Waals surface area (Å²) in [6.45, 7) is 2.39. The highest BCUT2D eigenvalue weighted by molar-refractivity contribution is 6.02. The Balaban J connectivity index is 2.28. The van der Waals surface area contributed by atoms with Crippen molar-refractivity contribution in [2.45, 2.75) is 20.0 Å². The third kappa shape index (κ3) is 6.51. The summed E-state index contributed by atoms with van der Waals surface area (Å²) in [6.07, 6.45) is -4.70. The molecule has 12 heteroatoms. The number of ether oxygens (including phenoxy) is 1. The zero-order valence-electron chi connectivity index (χ0n) is 17.6. The number of likely N-dealkylation sites (N-methyl/N-ethyl adjacent to an activating group) is 1. The average Bonchev–Trinajstić information content (AvgIpc) is 2.76. The van der Waals surface area contributed by atoms with Crippen molar-refractivity contribution in [2.24, 2.45) is 0 Å². The first-order valence-electron chi connectivity index (χ1n) is 9.69. The van der Waals surface area contributed by atoms with Crippen LogP contribution in [0.4, 0.5) is 24.5 Å². The Morgan fingerprint density at radius 3 is 2.30 bits per heavy atom. The third-order valence-electron chi connectivity index (χ3n) is 4.40. The first-order valence-corrected chi connectivity index (χ1v) is 9.69. The Hall–Kier alpha value is -3.96. The molecule has 0 aliphatic carbocycles. The van der Waals surface area contributed by atoms with Crippen molar-refractivity contribution in [1.82, 2.24) is 4.90 Å². The number of hydrogen-bond acceptors (Lipinski definition) is 6. The normalized spacial score (nSPS) is 10.9. The van der Waals surface area contributed by atoms with Gasteiger partial charge in [0.25, 0.3) is 11.6 Å². The molecule has 9 nitrogen and oxygen atoms in total. The first kappa shape index (κ1) is 25.3. The van der Waals surface area contributed by atoms with E-state index in [1.54, 1.807) is 0 Å². The highest BCUT2D eigenvalue weighted by Gasteiger charge is 2.33. The molecule has 0 atom stereocenters. The molecule has 1 N–H and O–H groups in total. The van der Waals surface area contributed by atoms with Crippen molar-refractivity contribution in [3.63, 3.8) is 0 Å². The predicted octanol–water partition coefficient (Wildman–Crippen LogP) is 3.89. The van der Waals surface area contributed by atoms with Crippen molar-refractivity contribution in [1.29, 1.82) is 0 Å². The van der Waals surface area contributed by atoms with Crippen LogP contribution in [0.15, 0.2) is 42.5 Å². The van der Waals surface area contributed by atoms with Crippen LogP contribution >= 0.6 is 0 Å². The zero-order chi connectivity index (χ0) is 24.8. The number of alkyl halides is 3. The van der Waals surface area contributed by atoms with Gasteiger partial charge in [-0.15, -0.1) is 0 Å². The van der Waals surface area contributed by atoms with Crippen LogP contribution in [0.25, 0.3) is 0 Å². The standard InChI is InChI=1S/C21H20F3N3O6/c1-3-26(12-18(28)25-17-8-6-5-7-16(17)21(22,23)24)19(29)13-9-14(20(30)33-4-2)11-15(10-13)27(31)32/h5-11H,3-4,12H2,1-2H3,(H,25,28). The minimum absolute atomic E-state index is 0.00542. The number of carbonyl (C=O) groups excluding carboxylic acids is 3. The molecule has 0 aromatic heterocycles. The largest absolute Gasteiger partial charge is 0.462 e. The molecule has 2 amide bonds. The van der Waals surface area contributed by atoms with Crippen LogP contribution in [0.3, 0.4) is 0 Å². The monoisotopic (exact) mass is 467 g/mol. The molecular weight excluding hydrogens is 447 g/mol. The summed E-state index contributed by atoms with van der Waals surface area (Å²) < 4.78 is 44.2. The average molecular weight is 467 g/mol. The highest BCUT2D eigenvalue weighted by atomic mass is 19.4. The highest BCUT2D eigenvalue weighted by Crippen LogP contribution is 2.34. The van der Waals surface area contributed by atoms with Crippen molar-refractivity contribution >= 4 is 29.2 Å². The minimum atomic E-state index is -4.70. The summed E-state index contributed by atoms with van der Waals surface area (Å²) in [5.41, 5.74) is -2.54. The topological polar surface area (TPSA) is 119 Å². The third-order valence-corrected chi connectivity index (χ3v) is 4.40. The van der Waals surface area contributed by atoms with Gasteiger partial charge in [-0.05, 0) is 32.0 Å². The molecule has 0 radical (unpaired) electrons. The van der Waals surface area contributed by atoms with Crippen molar-refractivity contribution in [3.8, 4) is 0 Å². The SMILES string of the molecule is CCOC(=O)c1cc(C(=O)N(CC)CC(=O)Nc2ccccc2C(F)(F)F)cc([N+](=O)[O-])c1. The zero-order valence-corrected chi connectivity index (χ0v) is 17.6. The molecule has 0 heterocycles. The van der Waals surface area contributed by atoms with E-state index in [-0.39, 0.29) is 24.3 Å². The van der Waals surface area contributed by atoms with Gasteiger partial charge < -0.3 is 15.0 Å². The van der Waals surface area contributed by atoms with Crippen molar-refractivity contribution in [2.75, 3.05) is 25.0 Å². The summed E-state index contributed by atoms with van der Waals surface area (Å²) in [6, 6.07) is 7.34. The Labute approximate surface area is 186 Å². The summed E-state index contributed by atoms with van der Waals surface area (Å²) in [7, 11) is 0. The van der Waals surface area contributed by atoms with Gasteiger partial charge in [-0.2, -0.15) is 13.2 Å². The molecule has 0 aliphatic heterocycles. The van der Waals surface area contributed by atoms with E-state index in [4.69, 9.17) is 4.74 Å². The smallest absolute Gasteiger partial charge is 0.418 e. The van der Waals surface area contributed by atoms with Gasteiger partial charge in [0.15, 0.2) is 0 Å². The number of rotatable bonds is 8. The second kappa shape index (κ2) is 10.6. The van der Waals surface area contributed by atoms with Crippen LogP contribution in [0.1, 0.15) is 40.1 Å². The maximum Gasteiger partial charge on any atom is 0.418 e. The van der Waals surface area contributed by atoms with Crippen molar-refractivity contribution < 1.29 is 37.2 Å². The lowest BCUT2D eigenvalue weighted by atomic mass is 10.1. The van der Waals surface area contributed by atoms with E-state index in [9.17, 15) is 37.7 Å². The number of esters is 1. The second-order valence-corrected chi connectivity index (χ2v) is 6.66. The van der Waals surface area contributed by atoms with Crippen LogP contribution in [-0.4, -0.2) is 47.3 Å². The van der Waals surface area contributed by atoms with Crippen LogP contribution in [0.5, 0.6) is 0 Å². The Morgan fingerprint density at radius 2 is 1.73 bits per heavy atom. The van der Waals surface area contributed by atoms with E-state index in [2.05, 4.69) is 5.32 Å². The molecule has 0 unspecified atom stereocenters. The van der Waals surface area contributed by atoms with Crippen LogP contribution in [0, 0.1) is 10.1 Å². The lowest BCUT2D eigenvalue weighted by Gasteiger charge is -2.21. The number of hydrogen-bond donors (Lipinski definition) is 1. The lowest BCUT2D eigenvalue weighted by molar-refractivity contribution is -0.384. The lowest BCUT2D eigenvalue weighted by Crippen LogP contribution is -2.38. The molecule has 2 aromatic carbocycles. The fourth-order valence-corrected chi connectivity index (χ4v) is 2.88. The number of nitrogens with one attached hydrogen (secondary N) is 1. The van der Waals surface area contributed by atoms with Crippen LogP contribution < -0.4 is 5.32 Å². The van der Waals surface area contributed by atoms with Gasteiger partial charge in [-0.25, -0.2) is 4.79 Å². The number of nitrogens with zero attached hydrogens (tertiary/aromatic N) is 2. The van der Waals surface area contributed by atoms with Crippen LogP contribution in [0.2, 0.25) is 0 Å². The molecule has 2 rings (SSSR count). The summed E-state index contributed by atoms with van der Waals surface area (Å²) in [5, 5.41) is 13.3. The fourth-order valence-electron chi connectivity index (χ4n) is 2.88. The van der Waals surface area contributed by atoms with Gasteiger partial charge in [-0.3, -0.25) is 19.7 Å². The molecule has 0 aliphatic rings. The number of amides is 2. The summed E-state index contributed by atoms with van der Waals surface area (Å²) in [4.78, 5) is 48.7. The van der Waals surface area contributed by atoms with Gasteiger partial charge >= 0.3 is 12.1 Å². The molecular formula is C21H20F3N3O6. The van der Waals surface area contributed by atoms with E-state index < -0.39 is 52.4 Å². The number of carbonyl (C=O) groups is 3. The van der Waals surface area contributed by atoms with Gasteiger partial charge in [0, 0.05) is 24.2 Å². The molecule has 0 spiro atoms. The predicted molar refractivity (Wildman–Crippen MR) is 111 cm³/mol. The van der Waals surface area contributed by atoms with Gasteiger partial charge in [0.1, 0.15) is 6.54 Å². The maximum absolute atomic E-state index is 13.1. The van der Waals surface area contributed by atoms with E-state index >= 15 is 0 Å². The summed E-state index contributed by atoms with van der Waals surface area (Å²) >= 11 is 0. The van der Waals surface area contributed by atoms with E-state index in [1.165, 1.54) is 26.0 Å². The Morgan fingerprint density at radius 1 is 1.09 bits per heavy atom.